The number of benzene rings is 5. The summed E-state index contributed by atoms with van der Waals surface area (Å²) in [5.74, 6) is -0.560. The summed E-state index contributed by atoms with van der Waals surface area (Å²) in [4.78, 5) is 27.3. The minimum atomic E-state index is -0.280. The highest BCUT2D eigenvalue weighted by molar-refractivity contribution is 6.34. The first-order chi connectivity index (χ1) is 18.9. The second kappa shape index (κ2) is 7.55. The van der Waals surface area contributed by atoms with Crippen molar-refractivity contribution in [2.75, 3.05) is 4.90 Å². The molecule has 0 unspecified atom stereocenters. The number of nitrogens with zero attached hydrogens (tertiary/aromatic N) is 2. The van der Waals surface area contributed by atoms with Crippen LogP contribution in [0.5, 0.6) is 0 Å². The molecule has 0 radical (unpaired) electrons. The van der Waals surface area contributed by atoms with Crippen LogP contribution in [0, 0.1) is 0 Å². The normalized spacial score (nSPS) is 15.2. The Balaban J connectivity index is 1.31. The van der Waals surface area contributed by atoms with Gasteiger partial charge < -0.3 is 4.57 Å². The van der Waals surface area contributed by atoms with Gasteiger partial charge in [0.05, 0.1) is 27.8 Å². The van der Waals surface area contributed by atoms with E-state index in [1.165, 1.54) is 37.9 Å². The Morgan fingerprint density at radius 2 is 1.10 bits per heavy atom. The average molecular weight is 505 g/mol. The number of imide groups is 1. The first kappa shape index (κ1) is 22.1. The van der Waals surface area contributed by atoms with Gasteiger partial charge in [-0.25, -0.2) is 4.90 Å². The van der Waals surface area contributed by atoms with E-state index in [4.69, 9.17) is 0 Å². The minimum Gasteiger partial charge on any atom is -0.309 e. The number of carbonyl (C=O) groups is 2. The summed E-state index contributed by atoms with van der Waals surface area (Å²) in [6.07, 6.45) is 0. The third kappa shape index (κ3) is 2.83. The van der Waals surface area contributed by atoms with Crippen molar-refractivity contribution in [2.45, 2.75) is 19.3 Å². The molecule has 0 spiro atoms. The Morgan fingerprint density at radius 3 is 1.82 bits per heavy atom. The molecule has 2 amide bonds. The van der Waals surface area contributed by atoms with Crippen LogP contribution in [0.25, 0.3) is 38.6 Å². The summed E-state index contributed by atoms with van der Waals surface area (Å²) in [6.45, 7) is 4.60. The molecule has 2 heterocycles. The Bertz CT molecular complexity index is 1990. The van der Waals surface area contributed by atoms with Crippen LogP contribution >= 0.6 is 0 Å². The van der Waals surface area contributed by atoms with Crippen molar-refractivity contribution in [2.24, 2.45) is 0 Å². The molecule has 4 nitrogen and oxygen atoms in total. The van der Waals surface area contributed by atoms with E-state index < -0.39 is 0 Å². The lowest BCUT2D eigenvalue weighted by Crippen LogP contribution is -2.29. The second-order valence-corrected chi connectivity index (χ2v) is 10.9. The van der Waals surface area contributed by atoms with Crippen LogP contribution in [-0.2, 0) is 5.41 Å². The van der Waals surface area contributed by atoms with E-state index in [0.29, 0.717) is 16.8 Å². The van der Waals surface area contributed by atoms with Crippen molar-refractivity contribution < 1.29 is 9.59 Å². The summed E-state index contributed by atoms with van der Waals surface area (Å²) in [5, 5.41) is 2.41. The van der Waals surface area contributed by atoms with Crippen molar-refractivity contribution >= 4 is 39.3 Å². The van der Waals surface area contributed by atoms with Crippen LogP contribution < -0.4 is 4.90 Å². The number of aromatic nitrogens is 1. The minimum absolute atomic E-state index is 0.100. The quantitative estimate of drug-likeness (QED) is 0.225. The lowest BCUT2D eigenvalue weighted by molar-refractivity contribution is 0.0926. The molecule has 0 saturated carbocycles. The third-order valence-electron chi connectivity index (χ3n) is 8.54. The summed E-state index contributed by atoms with van der Waals surface area (Å²) < 4.78 is 2.29. The fourth-order valence-corrected chi connectivity index (χ4v) is 6.62. The maximum absolute atomic E-state index is 13.0. The number of anilines is 1. The number of hydrogen-bond donors (Lipinski definition) is 0. The Labute approximate surface area is 225 Å². The predicted octanol–water partition coefficient (Wildman–Crippen LogP) is 7.89. The SMILES string of the molecule is CC1(C)c2ccccc2-c2cc3c4ccccc4n(-c4ccc(N5C(=O)c6ccccc6C5=O)cc4)c3cc21. The van der Waals surface area contributed by atoms with Gasteiger partial charge in [0, 0.05) is 21.9 Å². The zero-order valence-electron chi connectivity index (χ0n) is 21.6. The van der Waals surface area contributed by atoms with Crippen molar-refractivity contribution in [3.05, 3.63) is 131 Å². The van der Waals surface area contributed by atoms with Crippen molar-refractivity contribution in [3.8, 4) is 16.8 Å². The molecule has 0 atom stereocenters. The predicted molar refractivity (Wildman–Crippen MR) is 156 cm³/mol. The smallest absolute Gasteiger partial charge is 0.266 e. The summed E-state index contributed by atoms with van der Waals surface area (Å²) in [5.41, 5.74) is 9.90. The first-order valence-corrected chi connectivity index (χ1v) is 13.2. The van der Waals surface area contributed by atoms with Gasteiger partial charge in [-0.05, 0) is 76.9 Å². The Morgan fingerprint density at radius 1 is 0.513 bits per heavy atom. The van der Waals surface area contributed by atoms with Crippen molar-refractivity contribution in [1.29, 1.82) is 0 Å². The number of carbonyl (C=O) groups excluding carboxylic acids is 2. The van der Waals surface area contributed by atoms with Crippen LogP contribution in [0.15, 0.2) is 109 Å². The van der Waals surface area contributed by atoms with Gasteiger partial charge in [-0.3, -0.25) is 9.59 Å². The zero-order valence-corrected chi connectivity index (χ0v) is 21.6. The first-order valence-electron chi connectivity index (χ1n) is 13.2. The van der Waals surface area contributed by atoms with Gasteiger partial charge in [-0.15, -0.1) is 0 Å². The number of amides is 2. The fraction of sp³-hybridized carbons (Fsp3) is 0.0857. The number of fused-ring (bicyclic) bond motifs is 7. The summed E-state index contributed by atoms with van der Waals surface area (Å²) >= 11 is 0. The molecular formula is C35H24N2O2. The molecule has 6 aromatic rings. The molecule has 2 aliphatic rings. The van der Waals surface area contributed by atoms with Gasteiger partial charge in [0.2, 0.25) is 0 Å². The van der Waals surface area contributed by atoms with E-state index in [2.05, 4.69) is 79.1 Å². The highest BCUT2D eigenvalue weighted by Crippen LogP contribution is 2.50. The number of rotatable bonds is 2. The molecule has 1 aliphatic carbocycles. The molecule has 39 heavy (non-hydrogen) atoms. The molecular weight excluding hydrogens is 480 g/mol. The zero-order chi connectivity index (χ0) is 26.5. The topological polar surface area (TPSA) is 42.3 Å². The van der Waals surface area contributed by atoms with E-state index in [0.717, 1.165) is 16.7 Å². The molecule has 4 heteroatoms. The van der Waals surface area contributed by atoms with Gasteiger partial charge in [0.25, 0.3) is 11.8 Å². The van der Waals surface area contributed by atoms with E-state index in [1.807, 2.05) is 24.3 Å². The molecule has 0 N–H and O–H groups in total. The van der Waals surface area contributed by atoms with Gasteiger partial charge >= 0.3 is 0 Å². The maximum atomic E-state index is 13.0. The molecule has 1 aromatic heterocycles. The lowest BCUT2D eigenvalue weighted by Gasteiger charge is -2.21. The monoisotopic (exact) mass is 504 g/mol. The van der Waals surface area contributed by atoms with Gasteiger partial charge in [-0.2, -0.15) is 0 Å². The number of hydrogen-bond acceptors (Lipinski definition) is 2. The van der Waals surface area contributed by atoms with Crippen LogP contribution in [0.1, 0.15) is 45.7 Å². The highest BCUT2D eigenvalue weighted by atomic mass is 16.2. The summed E-state index contributed by atoms with van der Waals surface area (Å²) in [6, 6.07) is 36.6. The largest absolute Gasteiger partial charge is 0.309 e. The molecule has 0 fully saturated rings. The maximum Gasteiger partial charge on any atom is 0.266 e. The standard InChI is InChI=1S/C35H24N2O2/c1-35(2)29-13-7-5-9-23(29)27-19-28-24-10-6-8-14-31(24)36(32(28)20-30(27)35)21-15-17-22(18-16-21)37-33(38)25-11-3-4-12-26(25)34(37)39/h3-20H,1-2H3. The van der Waals surface area contributed by atoms with E-state index >= 15 is 0 Å². The summed E-state index contributed by atoms with van der Waals surface area (Å²) in [7, 11) is 0. The second-order valence-electron chi connectivity index (χ2n) is 10.9. The van der Waals surface area contributed by atoms with E-state index in [1.54, 1.807) is 24.3 Å². The van der Waals surface area contributed by atoms with Crippen LogP contribution in [0.2, 0.25) is 0 Å². The molecule has 5 aromatic carbocycles. The van der Waals surface area contributed by atoms with Crippen LogP contribution in [0.3, 0.4) is 0 Å². The van der Waals surface area contributed by atoms with Crippen LogP contribution in [0.4, 0.5) is 5.69 Å². The molecule has 8 rings (SSSR count). The third-order valence-corrected chi connectivity index (χ3v) is 8.54. The number of para-hydroxylation sites is 1. The Hall–Kier alpha value is -4.96. The molecule has 186 valence electrons. The average Bonchev–Trinajstić information content (AvgIpc) is 3.51. The lowest BCUT2D eigenvalue weighted by atomic mass is 9.82. The fourth-order valence-electron chi connectivity index (χ4n) is 6.62. The van der Waals surface area contributed by atoms with E-state index in [-0.39, 0.29) is 17.2 Å². The van der Waals surface area contributed by atoms with Crippen molar-refractivity contribution in [3.63, 3.8) is 0 Å². The highest BCUT2D eigenvalue weighted by Gasteiger charge is 2.37. The van der Waals surface area contributed by atoms with Crippen molar-refractivity contribution in [1.82, 2.24) is 4.57 Å². The van der Waals surface area contributed by atoms with Gasteiger partial charge in [0.1, 0.15) is 0 Å². The molecule has 0 saturated heterocycles. The Kier molecular flexibility index (Phi) is 4.27. The van der Waals surface area contributed by atoms with Gasteiger partial charge in [0.15, 0.2) is 0 Å². The van der Waals surface area contributed by atoms with Gasteiger partial charge in [-0.1, -0.05) is 68.4 Å². The van der Waals surface area contributed by atoms with E-state index in [9.17, 15) is 9.59 Å². The molecule has 0 bridgehead atoms. The molecule has 1 aliphatic heterocycles. The van der Waals surface area contributed by atoms with Crippen LogP contribution in [-0.4, -0.2) is 16.4 Å².